The van der Waals surface area contributed by atoms with Crippen LogP contribution in [0.4, 0.5) is 11.4 Å². The van der Waals surface area contributed by atoms with Crippen LogP contribution >= 0.6 is 0 Å². The number of ether oxygens (including phenoxy) is 1. The number of anilines is 2. The number of amides is 1. The average molecular weight is 396 g/mol. The van der Waals surface area contributed by atoms with E-state index >= 15 is 0 Å². The van der Waals surface area contributed by atoms with Crippen LogP contribution < -0.4 is 21.3 Å². The predicted molar refractivity (Wildman–Crippen MR) is 111 cm³/mol. The van der Waals surface area contributed by atoms with Gasteiger partial charge in [0.05, 0.1) is 12.3 Å². The van der Waals surface area contributed by atoms with Crippen molar-refractivity contribution in [3.8, 4) is 17.0 Å². The molecule has 0 aliphatic heterocycles. The number of nitrogen functional groups attached to an aromatic ring is 1. The van der Waals surface area contributed by atoms with Crippen LogP contribution in [0, 0.1) is 13.8 Å². The molecule has 2 heterocycles. The Kier molecular flexibility index (Phi) is 5.72. The highest BCUT2D eigenvalue weighted by atomic mass is 16.5. The zero-order chi connectivity index (χ0) is 21.1. The lowest BCUT2D eigenvalue weighted by Gasteiger charge is -2.16. The molecule has 29 heavy (non-hydrogen) atoms. The van der Waals surface area contributed by atoms with Gasteiger partial charge in [-0.25, -0.2) is 4.68 Å². The fourth-order valence-corrected chi connectivity index (χ4v) is 2.97. The second-order valence-electron chi connectivity index (χ2n) is 6.68. The molecule has 1 amide bonds. The number of furan rings is 1. The van der Waals surface area contributed by atoms with Crippen LogP contribution in [0.5, 0.6) is 5.75 Å². The molecule has 0 unspecified atom stereocenters. The topological polar surface area (TPSA) is 112 Å². The molecule has 0 saturated carbocycles. The van der Waals surface area contributed by atoms with Crippen LogP contribution in [0.2, 0.25) is 0 Å². The highest BCUT2D eigenvalue weighted by molar-refractivity contribution is 5.93. The van der Waals surface area contributed by atoms with Crippen molar-refractivity contribution in [2.75, 3.05) is 17.7 Å². The Balaban J connectivity index is 1.87. The van der Waals surface area contributed by atoms with Crippen molar-refractivity contribution in [2.24, 2.45) is 0 Å². The number of hydrogen-bond acceptors (Lipinski definition) is 6. The first-order valence-electron chi connectivity index (χ1n) is 9.30. The van der Waals surface area contributed by atoms with Crippen molar-refractivity contribution < 1.29 is 13.9 Å². The van der Waals surface area contributed by atoms with E-state index in [4.69, 9.17) is 14.9 Å². The van der Waals surface area contributed by atoms with E-state index in [9.17, 15) is 9.59 Å². The molecule has 0 aliphatic rings. The summed E-state index contributed by atoms with van der Waals surface area (Å²) in [6.45, 7) is 7.68. The summed E-state index contributed by atoms with van der Waals surface area (Å²) in [6.07, 6.45) is 0. The van der Waals surface area contributed by atoms with Gasteiger partial charge in [-0.05, 0) is 64.1 Å². The average Bonchev–Trinajstić information content (AvgIpc) is 3.03. The number of aromatic nitrogens is 2. The second-order valence-corrected chi connectivity index (χ2v) is 6.68. The molecule has 1 aromatic carbocycles. The van der Waals surface area contributed by atoms with Gasteiger partial charge in [0.2, 0.25) is 5.91 Å². The highest BCUT2D eigenvalue weighted by Crippen LogP contribution is 2.25. The maximum atomic E-state index is 12.7. The lowest BCUT2D eigenvalue weighted by molar-refractivity contribution is -0.119. The quantitative estimate of drug-likeness (QED) is 0.661. The molecule has 3 N–H and O–H groups in total. The third kappa shape index (κ3) is 4.31. The molecule has 152 valence electrons. The molecule has 8 nitrogen and oxygen atoms in total. The Hall–Kier alpha value is -3.55. The number of nitrogens with zero attached hydrogens (tertiary/aromatic N) is 2. The summed E-state index contributed by atoms with van der Waals surface area (Å²) in [5.41, 5.74) is 7.16. The molecule has 0 radical (unpaired) electrons. The minimum Gasteiger partial charge on any atom is -0.494 e. The molecule has 0 aliphatic carbocycles. The Morgan fingerprint density at radius 2 is 1.97 bits per heavy atom. The molecule has 2 aromatic heterocycles. The van der Waals surface area contributed by atoms with E-state index in [1.165, 1.54) is 6.07 Å². The summed E-state index contributed by atoms with van der Waals surface area (Å²) < 4.78 is 12.0. The summed E-state index contributed by atoms with van der Waals surface area (Å²) in [6, 6.07) is 9.42. The van der Waals surface area contributed by atoms with E-state index in [1.54, 1.807) is 38.1 Å². The highest BCUT2D eigenvalue weighted by Gasteiger charge is 2.21. The van der Waals surface area contributed by atoms with Gasteiger partial charge >= 0.3 is 0 Å². The molecular weight excluding hydrogens is 372 g/mol. The van der Waals surface area contributed by atoms with Crippen molar-refractivity contribution in [3.63, 3.8) is 0 Å². The monoisotopic (exact) mass is 396 g/mol. The summed E-state index contributed by atoms with van der Waals surface area (Å²) in [5, 5.41) is 7.14. The minimum atomic E-state index is -0.871. The van der Waals surface area contributed by atoms with Gasteiger partial charge in [-0.1, -0.05) is 0 Å². The van der Waals surface area contributed by atoms with E-state index in [0.29, 0.717) is 29.5 Å². The third-order valence-corrected chi connectivity index (χ3v) is 4.46. The summed E-state index contributed by atoms with van der Waals surface area (Å²) in [7, 11) is 0. The van der Waals surface area contributed by atoms with Crippen molar-refractivity contribution in [3.05, 3.63) is 58.3 Å². The Morgan fingerprint density at radius 3 is 2.55 bits per heavy atom. The van der Waals surface area contributed by atoms with Crippen molar-refractivity contribution in [2.45, 2.75) is 33.7 Å². The predicted octanol–water partition coefficient (Wildman–Crippen LogP) is 3.30. The second kappa shape index (κ2) is 8.22. The summed E-state index contributed by atoms with van der Waals surface area (Å²) >= 11 is 0. The smallest absolute Gasteiger partial charge is 0.290 e. The van der Waals surface area contributed by atoms with Gasteiger partial charge in [0.1, 0.15) is 29.0 Å². The molecular formula is C21H24N4O4. The maximum Gasteiger partial charge on any atom is 0.290 e. The normalized spacial score (nSPS) is 11.9. The Labute approximate surface area is 168 Å². The van der Waals surface area contributed by atoms with Crippen LogP contribution in [0.1, 0.15) is 31.4 Å². The van der Waals surface area contributed by atoms with Gasteiger partial charge in [-0.15, -0.1) is 0 Å². The van der Waals surface area contributed by atoms with Gasteiger partial charge in [-0.3, -0.25) is 9.59 Å². The fourth-order valence-electron chi connectivity index (χ4n) is 2.97. The molecule has 0 bridgehead atoms. The lowest BCUT2D eigenvalue weighted by atomic mass is 10.1. The third-order valence-electron chi connectivity index (χ3n) is 4.46. The van der Waals surface area contributed by atoms with E-state index in [-0.39, 0.29) is 11.6 Å². The largest absolute Gasteiger partial charge is 0.494 e. The van der Waals surface area contributed by atoms with E-state index in [2.05, 4.69) is 10.4 Å². The summed E-state index contributed by atoms with van der Waals surface area (Å²) in [5.74, 6) is 1.70. The summed E-state index contributed by atoms with van der Waals surface area (Å²) in [4.78, 5) is 25.2. The number of nitrogens with two attached hydrogens (primary N) is 1. The van der Waals surface area contributed by atoms with Crippen LogP contribution in [0.15, 0.2) is 45.6 Å². The molecule has 0 spiro atoms. The van der Waals surface area contributed by atoms with E-state index in [1.807, 2.05) is 19.9 Å². The Morgan fingerprint density at radius 1 is 1.28 bits per heavy atom. The number of carbonyl (C=O) groups excluding carboxylic acids is 1. The van der Waals surface area contributed by atoms with E-state index in [0.717, 1.165) is 16.0 Å². The minimum absolute atomic E-state index is 0.00831. The van der Waals surface area contributed by atoms with Crippen molar-refractivity contribution in [1.29, 1.82) is 0 Å². The van der Waals surface area contributed by atoms with Crippen LogP contribution in [0.25, 0.3) is 11.3 Å². The first kappa shape index (κ1) is 20.2. The number of nitrogens with one attached hydrogen (secondary N) is 1. The SMILES string of the molecule is CCOc1ccc(NC(=O)[C@@H](C)n2nc(-c3cc(C)oc3C)cc(N)c2=O)cc1. The molecule has 0 saturated heterocycles. The van der Waals surface area contributed by atoms with Crippen molar-refractivity contribution in [1.82, 2.24) is 9.78 Å². The Bertz CT molecular complexity index is 1080. The zero-order valence-corrected chi connectivity index (χ0v) is 16.9. The number of carbonyl (C=O) groups is 1. The number of hydrogen-bond donors (Lipinski definition) is 2. The van der Waals surface area contributed by atoms with Gasteiger partial charge < -0.3 is 20.2 Å². The maximum absolute atomic E-state index is 12.7. The number of benzene rings is 1. The van der Waals surface area contributed by atoms with Crippen LogP contribution in [-0.4, -0.2) is 22.3 Å². The number of aryl methyl sites for hydroxylation is 2. The first-order chi connectivity index (χ1) is 13.8. The van der Waals surface area contributed by atoms with Crippen molar-refractivity contribution >= 4 is 17.3 Å². The first-order valence-corrected chi connectivity index (χ1v) is 9.30. The van der Waals surface area contributed by atoms with Gasteiger partial charge in [0.15, 0.2) is 0 Å². The van der Waals surface area contributed by atoms with Crippen LogP contribution in [-0.2, 0) is 4.79 Å². The molecule has 3 rings (SSSR count). The standard InChI is InChI=1S/C21H24N4O4/c1-5-28-16-8-6-15(7-9-16)23-20(26)13(3)25-21(27)18(22)11-19(24-25)17-10-12(2)29-14(17)4/h6-11,13H,5,22H2,1-4H3,(H,23,26)/t13-/m1/s1. The zero-order valence-electron chi connectivity index (χ0n) is 16.9. The van der Waals surface area contributed by atoms with Crippen LogP contribution in [0.3, 0.4) is 0 Å². The van der Waals surface area contributed by atoms with Gasteiger partial charge in [0.25, 0.3) is 5.56 Å². The molecule has 8 heteroatoms. The fraction of sp³-hybridized carbons (Fsp3) is 0.286. The van der Waals surface area contributed by atoms with Gasteiger partial charge in [0, 0.05) is 11.3 Å². The lowest BCUT2D eigenvalue weighted by Crippen LogP contribution is -2.34. The molecule has 3 aromatic rings. The van der Waals surface area contributed by atoms with E-state index < -0.39 is 11.6 Å². The number of rotatable bonds is 6. The molecule has 0 fully saturated rings. The molecule has 1 atom stereocenters. The van der Waals surface area contributed by atoms with Gasteiger partial charge in [-0.2, -0.15) is 5.10 Å².